The van der Waals surface area contributed by atoms with Gasteiger partial charge < -0.3 is 30.8 Å². The summed E-state index contributed by atoms with van der Waals surface area (Å²) in [4.78, 5) is 36.9. The molecule has 5 rings (SSSR count). The van der Waals surface area contributed by atoms with Crippen LogP contribution in [-0.4, -0.2) is 70.2 Å². The maximum absolute atomic E-state index is 13.1. The molecule has 1 amide bonds. The molecule has 0 radical (unpaired) electrons. The monoisotopic (exact) mass is 656 g/mol. The number of amidine groups is 1. The van der Waals surface area contributed by atoms with E-state index in [4.69, 9.17) is 41.0 Å². The van der Waals surface area contributed by atoms with Crippen molar-refractivity contribution in [1.29, 1.82) is 5.41 Å². The Morgan fingerprint density at radius 1 is 1.13 bits per heavy atom. The number of alkyl halides is 3. The van der Waals surface area contributed by atoms with Crippen LogP contribution in [0.4, 0.5) is 13.2 Å². The molecule has 1 aromatic heterocycles. The molecule has 2 atom stereocenters. The lowest BCUT2D eigenvalue weighted by Crippen LogP contribution is -2.21. The second-order valence-corrected chi connectivity index (χ2v) is 10.3. The van der Waals surface area contributed by atoms with Gasteiger partial charge in [0.05, 0.1) is 31.6 Å². The van der Waals surface area contributed by atoms with Crippen molar-refractivity contribution in [3.8, 4) is 17.2 Å². The van der Waals surface area contributed by atoms with E-state index in [0.717, 1.165) is 22.2 Å². The number of hydrogen-bond donors (Lipinski definition) is 5. The van der Waals surface area contributed by atoms with Crippen LogP contribution in [0.1, 0.15) is 45.2 Å². The molecule has 3 aromatic carbocycles. The first-order chi connectivity index (χ1) is 22.3. The maximum atomic E-state index is 13.1. The van der Waals surface area contributed by atoms with Crippen LogP contribution in [0.2, 0.25) is 0 Å². The number of carbonyl (C=O) groups excluding carboxylic acids is 1. The van der Waals surface area contributed by atoms with Crippen LogP contribution in [0.15, 0.2) is 71.5 Å². The van der Waals surface area contributed by atoms with Crippen LogP contribution in [0.3, 0.4) is 0 Å². The molecule has 16 heteroatoms. The second kappa shape index (κ2) is 14.6. The first kappa shape index (κ1) is 34.2. The third-order valence-corrected chi connectivity index (χ3v) is 7.08. The third kappa shape index (κ3) is 8.55. The number of methoxy groups -OCH3 is 1. The molecule has 248 valence electrons. The van der Waals surface area contributed by atoms with E-state index in [1.165, 1.54) is 0 Å². The van der Waals surface area contributed by atoms with Crippen LogP contribution >= 0.6 is 0 Å². The number of rotatable bonds is 10. The number of halogens is 3. The number of carboxylic acids is 1. The first-order valence-electron chi connectivity index (χ1n) is 14.0. The fraction of sp³-hybridized carbons (Fsp3) is 0.258. The van der Waals surface area contributed by atoms with Crippen molar-refractivity contribution in [3.05, 3.63) is 105 Å². The molecule has 0 aliphatic carbocycles. The number of nitrogens with one attached hydrogen (secondary N) is 2. The number of primary amides is 1. The molecular weight excluding hydrogens is 625 g/mol. The molecule has 4 aromatic rings. The van der Waals surface area contributed by atoms with Gasteiger partial charge in [0.25, 0.3) is 5.91 Å². The summed E-state index contributed by atoms with van der Waals surface area (Å²) in [6.45, 7) is 1.18. The number of aromatic amines is 1. The highest BCUT2D eigenvalue weighted by atomic mass is 19.4. The topological polar surface area (TPSA) is 209 Å². The number of benzene rings is 3. The van der Waals surface area contributed by atoms with Crippen molar-refractivity contribution in [2.24, 2.45) is 11.5 Å². The average Bonchev–Trinajstić information content (AvgIpc) is 3.69. The van der Waals surface area contributed by atoms with Gasteiger partial charge in [0.15, 0.2) is 11.5 Å². The quantitative estimate of drug-likeness (QED) is 0.125. The largest absolute Gasteiger partial charge is 0.493 e. The Labute approximate surface area is 265 Å². The zero-order chi connectivity index (χ0) is 34.3. The molecule has 0 bridgehead atoms. The van der Waals surface area contributed by atoms with Crippen LogP contribution in [0.5, 0.6) is 11.5 Å². The Bertz CT molecular complexity index is 1800. The predicted molar refractivity (Wildman–Crippen MR) is 162 cm³/mol. The molecule has 0 spiro atoms. The number of nitrogen functional groups attached to an aromatic ring is 1. The van der Waals surface area contributed by atoms with Crippen molar-refractivity contribution in [3.63, 3.8) is 0 Å². The molecule has 0 saturated carbocycles. The summed E-state index contributed by atoms with van der Waals surface area (Å²) in [5.74, 6) is -2.32. The Kier molecular flexibility index (Phi) is 10.7. The van der Waals surface area contributed by atoms with Gasteiger partial charge in [-0.15, -0.1) is 5.10 Å². The van der Waals surface area contributed by atoms with E-state index >= 15 is 0 Å². The number of para-hydroxylation sites is 1. The van der Waals surface area contributed by atoms with E-state index in [1.54, 1.807) is 43.5 Å². The van der Waals surface area contributed by atoms with Gasteiger partial charge in [-0.1, -0.05) is 42.5 Å². The summed E-state index contributed by atoms with van der Waals surface area (Å²) in [5.41, 5.74) is 13.5. The maximum Gasteiger partial charge on any atom is 0.490 e. The van der Waals surface area contributed by atoms with E-state index < -0.39 is 29.7 Å². The standard InChI is InChI=1S/C29H30N6O5.C2HF3O2/c1-38-25-15-19(10-11-24(25)40-20-12-13-39-16-20)22(14-17-6-8-18(9-7-17)26(30)31)28-33-29(37)35(34-28)23-5-3-2-4-21(23)27(32)36;3-2(4,5)1(6)7/h2-11,15,20,22H,12-14,16H2,1H3,(H3,30,31)(H2,32,36)(H,33,34,37);(H,6,7). The molecular formula is C31H31F3N6O7. The van der Waals surface area contributed by atoms with Gasteiger partial charge in [0.2, 0.25) is 0 Å². The van der Waals surface area contributed by atoms with Crippen molar-refractivity contribution < 1.29 is 42.1 Å². The number of carboxylic acid groups (broad SMARTS) is 1. The van der Waals surface area contributed by atoms with Gasteiger partial charge >= 0.3 is 17.8 Å². The Hall–Kier alpha value is -5.64. The summed E-state index contributed by atoms with van der Waals surface area (Å²) < 4.78 is 50.1. The van der Waals surface area contributed by atoms with Crippen molar-refractivity contribution in [2.45, 2.75) is 31.0 Å². The lowest BCUT2D eigenvalue weighted by Gasteiger charge is -2.19. The Morgan fingerprint density at radius 3 is 2.38 bits per heavy atom. The molecule has 2 heterocycles. The molecule has 7 N–H and O–H groups in total. The summed E-state index contributed by atoms with van der Waals surface area (Å²) in [6, 6.07) is 19.5. The number of nitrogens with two attached hydrogens (primary N) is 2. The zero-order valence-electron chi connectivity index (χ0n) is 24.9. The highest BCUT2D eigenvalue weighted by Crippen LogP contribution is 2.35. The molecule has 1 aliphatic heterocycles. The van der Waals surface area contributed by atoms with Crippen LogP contribution in [-0.2, 0) is 16.0 Å². The number of aliphatic carboxylic acids is 1. The Morgan fingerprint density at radius 2 is 1.81 bits per heavy atom. The summed E-state index contributed by atoms with van der Waals surface area (Å²) in [6.07, 6.45) is -3.87. The van der Waals surface area contributed by atoms with Gasteiger partial charge in [0, 0.05) is 17.9 Å². The van der Waals surface area contributed by atoms with Crippen molar-refractivity contribution in [1.82, 2.24) is 14.8 Å². The Balaban J connectivity index is 0.000000644. The predicted octanol–water partition coefficient (Wildman–Crippen LogP) is 3.13. The summed E-state index contributed by atoms with van der Waals surface area (Å²) in [5, 5.41) is 19.4. The smallest absolute Gasteiger partial charge is 0.490 e. The fourth-order valence-corrected chi connectivity index (χ4v) is 4.74. The van der Waals surface area contributed by atoms with Crippen LogP contribution in [0.25, 0.3) is 5.69 Å². The minimum atomic E-state index is -5.08. The molecule has 1 saturated heterocycles. The first-order valence-corrected chi connectivity index (χ1v) is 14.0. The average molecular weight is 657 g/mol. The van der Waals surface area contributed by atoms with E-state index in [-0.39, 0.29) is 23.2 Å². The number of hydrogen-bond acceptors (Lipinski definition) is 8. The number of amides is 1. The molecule has 13 nitrogen and oxygen atoms in total. The van der Waals surface area contributed by atoms with Crippen LogP contribution in [0, 0.1) is 5.41 Å². The third-order valence-electron chi connectivity index (χ3n) is 7.08. The number of H-pyrrole nitrogens is 1. The fourth-order valence-electron chi connectivity index (χ4n) is 4.74. The molecule has 1 fully saturated rings. The molecule has 47 heavy (non-hydrogen) atoms. The van der Waals surface area contributed by atoms with Crippen molar-refractivity contribution >= 4 is 17.7 Å². The minimum absolute atomic E-state index is 0.0210. The van der Waals surface area contributed by atoms with E-state index in [9.17, 15) is 22.8 Å². The second-order valence-electron chi connectivity index (χ2n) is 10.3. The number of nitrogens with zero attached hydrogens (tertiary/aromatic N) is 2. The zero-order valence-corrected chi connectivity index (χ0v) is 24.9. The van der Waals surface area contributed by atoms with Gasteiger partial charge in [0.1, 0.15) is 17.8 Å². The SMILES string of the molecule is COc1cc(C(Cc2ccc(C(=N)N)cc2)c2nn(-c3ccccc3C(N)=O)c(=O)[nH]2)ccc1OC1CCOC1.O=C(O)C(F)(F)F. The summed E-state index contributed by atoms with van der Waals surface area (Å²) >= 11 is 0. The number of aromatic nitrogens is 3. The normalized spacial score (nSPS) is 14.9. The highest BCUT2D eigenvalue weighted by molar-refractivity contribution is 5.96. The van der Waals surface area contributed by atoms with Gasteiger partial charge in [-0.3, -0.25) is 15.2 Å². The number of carbonyl (C=O) groups is 2. The van der Waals surface area contributed by atoms with Crippen molar-refractivity contribution in [2.75, 3.05) is 20.3 Å². The van der Waals surface area contributed by atoms with Gasteiger partial charge in [-0.05, 0) is 41.8 Å². The van der Waals surface area contributed by atoms with Gasteiger partial charge in [-0.25, -0.2) is 9.59 Å². The van der Waals surface area contributed by atoms with E-state index in [0.29, 0.717) is 42.5 Å². The lowest BCUT2D eigenvalue weighted by atomic mass is 9.90. The van der Waals surface area contributed by atoms with E-state index in [1.807, 2.05) is 30.3 Å². The lowest BCUT2D eigenvalue weighted by molar-refractivity contribution is -0.192. The van der Waals surface area contributed by atoms with E-state index in [2.05, 4.69) is 10.1 Å². The summed E-state index contributed by atoms with van der Waals surface area (Å²) in [7, 11) is 1.57. The highest BCUT2D eigenvalue weighted by Gasteiger charge is 2.38. The van der Waals surface area contributed by atoms with Gasteiger partial charge in [-0.2, -0.15) is 17.9 Å². The molecule has 1 aliphatic rings. The number of ether oxygens (including phenoxy) is 3. The minimum Gasteiger partial charge on any atom is -0.493 e. The van der Waals surface area contributed by atoms with Crippen LogP contribution < -0.4 is 26.6 Å². The molecule has 2 unspecified atom stereocenters.